The van der Waals surface area contributed by atoms with Crippen molar-refractivity contribution < 1.29 is 9.59 Å². The minimum Gasteiger partial charge on any atom is -0.282 e. The van der Waals surface area contributed by atoms with Crippen LogP contribution >= 0.6 is 0 Å². The van der Waals surface area contributed by atoms with E-state index in [9.17, 15) is 9.59 Å². The van der Waals surface area contributed by atoms with Crippen LogP contribution in [0, 0.1) is 12.3 Å². The number of terminal acetylenes is 1. The number of hydrogen-bond donors (Lipinski definition) is 0. The highest BCUT2D eigenvalue weighted by molar-refractivity contribution is 5.97. The molecule has 1 aliphatic heterocycles. The van der Waals surface area contributed by atoms with Crippen LogP contribution in [0.15, 0.2) is 16.8 Å². The van der Waals surface area contributed by atoms with Gasteiger partial charge in [0, 0.05) is 37.4 Å². The Morgan fingerprint density at radius 3 is 2.65 bits per heavy atom. The second-order valence-electron chi connectivity index (χ2n) is 3.75. The van der Waals surface area contributed by atoms with Crippen LogP contribution in [0.1, 0.15) is 32.6 Å². The lowest BCUT2D eigenvalue weighted by Crippen LogP contribution is -2.40. The Bertz CT molecular complexity index is 386. The van der Waals surface area contributed by atoms with Gasteiger partial charge in [0.2, 0.25) is 11.8 Å². The molecule has 4 heteroatoms. The minimum absolute atomic E-state index is 0.100. The molecule has 2 amide bonds. The zero-order chi connectivity index (χ0) is 12.7. The summed E-state index contributed by atoms with van der Waals surface area (Å²) in [6.45, 7) is 2.15. The highest BCUT2D eigenvalue weighted by Crippen LogP contribution is 2.13. The van der Waals surface area contributed by atoms with Gasteiger partial charge in [-0.2, -0.15) is 0 Å². The van der Waals surface area contributed by atoms with Crippen LogP contribution in [0.25, 0.3) is 0 Å². The van der Waals surface area contributed by atoms with Crippen LogP contribution in [-0.4, -0.2) is 29.5 Å². The molecule has 0 unspecified atom stereocenters. The SMILES string of the molecule is C#C/C(=C\N=C/C)CCN1C(=O)CCCC1=O. The molecular weight excluding hydrogens is 216 g/mol. The van der Waals surface area contributed by atoms with Crippen molar-refractivity contribution in [1.82, 2.24) is 4.90 Å². The molecule has 1 heterocycles. The first-order chi connectivity index (χ1) is 8.19. The molecule has 0 aromatic heterocycles. The second kappa shape index (κ2) is 6.64. The maximum Gasteiger partial charge on any atom is 0.229 e. The Morgan fingerprint density at radius 1 is 1.47 bits per heavy atom. The minimum atomic E-state index is -0.100. The topological polar surface area (TPSA) is 49.7 Å². The van der Waals surface area contributed by atoms with Gasteiger partial charge in [-0.05, 0) is 19.8 Å². The number of imide groups is 1. The molecule has 4 nitrogen and oxygen atoms in total. The molecule has 0 spiro atoms. The summed E-state index contributed by atoms with van der Waals surface area (Å²) in [4.78, 5) is 28.3. The Morgan fingerprint density at radius 2 is 2.12 bits per heavy atom. The molecule has 90 valence electrons. The normalized spacial score (nSPS) is 17.6. The fourth-order valence-corrected chi connectivity index (χ4v) is 1.62. The molecule has 0 N–H and O–H groups in total. The maximum atomic E-state index is 11.5. The zero-order valence-corrected chi connectivity index (χ0v) is 9.98. The van der Waals surface area contributed by atoms with Crippen molar-refractivity contribution in [3.63, 3.8) is 0 Å². The van der Waals surface area contributed by atoms with E-state index in [1.807, 2.05) is 0 Å². The van der Waals surface area contributed by atoms with Gasteiger partial charge in [-0.1, -0.05) is 5.92 Å². The first-order valence-corrected chi connectivity index (χ1v) is 5.65. The highest BCUT2D eigenvalue weighted by atomic mass is 16.2. The van der Waals surface area contributed by atoms with Gasteiger partial charge in [0.05, 0.1) is 0 Å². The molecule has 17 heavy (non-hydrogen) atoms. The number of rotatable bonds is 4. The van der Waals surface area contributed by atoms with Gasteiger partial charge in [0.1, 0.15) is 0 Å². The standard InChI is InChI=1S/C13H16N2O2/c1-3-11(10-14-4-2)8-9-15-12(16)6-5-7-13(15)17/h1,4,10H,5-9H2,2H3/b11-10+,14-4-. The molecule has 1 rings (SSSR count). The third kappa shape index (κ3) is 3.87. The quantitative estimate of drug-likeness (QED) is 0.419. The average molecular weight is 232 g/mol. The van der Waals surface area contributed by atoms with Gasteiger partial charge < -0.3 is 0 Å². The van der Waals surface area contributed by atoms with E-state index in [2.05, 4.69) is 10.9 Å². The van der Waals surface area contributed by atoms with Crippen LogP contribution in [0.3, 0.4) is 0 Å². The van der Waals surface area contributed by atoms with Crippen LogP contribution in [0.4, 0.5) is 0 Å². The van der Waals surface area contributed by atoms with Crippen molar-refractivity contribution in [2.45, 2.75) is 32.6 Å². The summed E-state index contributed by atoms with van der Waals surface area (Å²) in [6.07, 6.45) is 10.6. The molecule has 0 aromatic carbocycles. The lowest BCUT2D eigenvalue weighted by atomic mass is 10.1. The Balaban J connectivity index is 2.57. The number of likely N-dealkylation sites (tertiary alicyclic amines) is 1. The van der Waals surface area contributed by atoms with Crippen LogP contribution < -0.4 is 0 Å². The van der Waals surface area contributed by atoms with Gasteiger partial charge in [0.25, 0.3) is 0 Å². The average Bonchev–Trinajstić information content (AvgIpc) is 2.32. The fourth-order valence-electron chi connectivity index (χ4n) is 1.62. The van der Waals surface area contributed by atoms with Crippen molar-refractivity contribution in [2.75, 3.05) is 6.54 Å². The second-order valence-corrected chi connectivity index (χ2v) is 3.75. The summed E-state index contributed by atoms with van der Waals surface area (Å²) in [5.74, 6) is 2.30. The number of nitrogens with zero attached hydrogens (tertiary/aromatic N) is 2. The van der Waals surface area contributed by atoms with E-state index in [0.717, 1.165) is 0 Å². The third-order valence-electron chi connectivity index (χ3n) is 2.55. The number of hydrogen-bond acceptors (Lipinski definition) is 3. The van der Waals surface area contributed by atoms with Crippen LogP contribution in [-0.2, 0) is 9.59 Å². The first kappa shape index (κ1) is 13.2. The highest BCUT2D eigenvalue weighted by Gasteiger charge is 2.25. The zero-order valence-electron chi connectivity index (χ0n) is 9.98. The molecule has 1 aliphatic rings. The molecule has 1 fully saturated rings. The summed E-state index contributed by atoms with van der Waals surface area (Å²) >= 11 is 0. The number of carbonyl (C=O) groups excluding carboxylic acids is 2. The molecule has 1 saturated heterocycles. The van der Waals surface area contributed by atoms with Crippen molar-refractivity contribution in [3.8, 4) is 12.3 Å². The van der Waals surface area contributed by atoms with E-state index in [4.69, 9.17) is 6.42 Å². The largest absolute Gasteiger partial charge is 0.282 e. The van der Waals surface area contributed by atoms with Crippen molar-refractivity contribution in [2.24, 2.45) is 4.99 Å². The lowest BCUT2D eigenvalue weighted by molar-refractivity contribution is -0.147. The molecule has 0 bridgehead atoms. The summed E-state index contributed by atoms with van der Waals surface area (Å²) < 4.78 is 0. The third-order valence-corrected chi connectivity index (χ3v) is 2.55. The van der Waals surface area contributed by atoms with Crippen LogP contribution in [0.2, 0.25) is 0 Å². The maximum absolute atomic E-state index is 11.5. The Hall–Kier alpha value is -1.89. The van der Waals surface area contributed by atoms with Gasteiger partial charge in [-0.15, -0.1) is 6.42 Å². The summed E-state index contributed by atoms with van der Waals surface area (Å²) in [6, 6.07) is 0. The van der Waals surface area contributed by atoms with Crippen LogP contribution in [0.5, 0.6) is 0 Å². The van der Waals surface area contributed by atoms with Gasteiger partial charge in [-0.3, -0.25) is 19.5 Å². The van der Waals surface area contributed by atoms with Gasteiger partial charge in [0.15, 0.2) is 0 Å². The lowest BCUT2D eigenvalue weighted by Gasteiger charge is -2.24. The molecule has 0 aliphatic carbocycles. The monoisotopic (exact) mass is 232 g/mol. The molecular formula is C13H16N2O2. The van der Waals surface area contributed by atoms with E-state index in [1.165, 1.54) is 4.90 Å². The summed E-state index contributed by atoms with van der Waals surface area (Å²) in [7, 11) is 0. The van der Waals surface area contributed by atoms with E-state index >= 15 is 0 Å². The van der Waals surface area contributed by atoms with Gasteiger partial charge in [-0.25, -0.2) is 0 Å². The number of piperidine rings is 1. The predicted molar refractivity (Wildman–Crippen MR) is 66.3 cm³/mol. The number of carbonyl (C=O) groups is 2. The van der Waals surface area contributed by atoms with E-state index in [1.54, 1.807) is 19.3 Å². The Kier molecular flexibility index (Phi) is 5.15. The summed E-state index contributed by atoms with van der Waals surface area (Å²) in [5, 5.41) is 0. The molecule has 0 radical (unpaired) electrons. The fraction of sp³-hybridized carbons (Fsp3) is 0.462. The van der Waals surface area contributed by atoms with E-state index in [-0.39, 0.29) is 11.8 Å². The number of amides is 2. The first-order valence-electron chi connectivity index (χ1n) is 5.65. The van der Waals surface area contributed by atoms with E-state index < -0.39 is 0 Å². The van der Waals surface area contributed by atoms with Gasteiger partial charge >= 0.3 is 0 Å². The van der Waals surface area contributed by atoms with Crippen molar-refractivity contribution >= 4 is 18.0 Å². The molecule has 0 atom stereocenters. The number of aliphatic imine (C=N–C) groups is 1. The molecule has 0 saturated carbocycles. The predicted octanol–water partition coefficient (Wildman–Crippen LogP) is 1.52. The Labute approximate surface area is 101 Å². The van der Waals surface area contributed by atoms with E-state index in [0.29, 0.717) is 37.8 Å². The van der Waals surface area contributed by atoms with Crippen molar-refractivity contribution in [1.29, 1.82) is 0 Å². The summed E-state index contributed by atoms with van der Waals surface area (Å²) in [5.41, 5.74) is 0.689. The molecule has 0 aromatic rings. The smallest absolute Gasteiger partial charge is 0.229 e. The van der Waals surface area contributed by atoms with Crippen molar-refractivity contribution in [3.05, 3.63) is 11.8 Å².